The summed E-state index contributed by atoms with van der Waals surface area (Å²) in [6.07, 6.45) is 0.663. The monoisotopic (exact) mass is 670 g/mol. The zero-order valence-electron chi connectivity index (χ0n) is 25.3. The summed E-state index contributed by atoms with van der Waals surface area (Å²) in [5.74, 6) is -3.56. The van der Waals surface area contributed by atoms with Gasteiger partial charge in [0, 0.05) is 29.9 Å². The maximum Gasteiger partial charge on any atom is 0.326 e. The van der Waals surface area contributed by atoms with Crippen LogP contribution in [0.3, 0.4) is 0 Å². The molecule has 0 saturated carbocycles. The first-order valence-electron chi connectivity index (χ1n) is 14.9. The molecule has 2 saturated heterocycles. The van der Waals surface area contributed by atoms with Crippen LogP contribution in [0.25, 0.3) is 32.8 Å². The number of halogens is 1. The second kappa shape index (κ2) is 11.5. The van der Waals surface area contributed by atoms with Crippen molar-refractivity contribution >= 4 is 66.9 Å². The zero-order valence-corrected chi connectivity index (χ0v) is 26.1. The number of carbonyl (C=O) groups excluding carboxylic acids is 4. The summed E-state index contributed by atoms with van der Waals surface area (Å²) >= 11 is 0. The van der Waals surface area contributed by atoms with Gasteiger partial charge >= 0.3 is 10.2 Å². The Kier molecular flexibility index (Phi) is 7.35. The largest absolute Gasteiger partial charge is 0.506 e. The number of benzene rings is 4. The fourth-order valence-electron chi connectivity index (χ4n) is 6.16. The number of nitrogens with zero attached hydrogens (tertiary/aromatic N) is 3. The number of hydrogen-bond acceptors (Lipinski definition) is 8. The molecule has 2 aliphatic heterocycles. The van der Waals surface area contributed by atoms with Gasteiger partial charge in [-0.3, -0.25) is 29.2 Å². The van der Waals surface area contributed by atoms with Gasteiger partial charge in [0.1, 0.15) is 18.1 Å². The highest BCUT2D eigenvalue weighted by Crippen LogP contribution is 2.37. The number of aryl methyl sites for hydroxylation is 1. The van der Waals surface area contributed by atoms with Crippen LogP contribution in [0.15, 0.2) is 66.7 Å². The molecule has 1 aromatic heterocycles. The van der Waals surface area contributed by atoms with E-state index in [9.17, 15) is 32.7 Å². The summed E-state index contributed by atoms with van der Waals surface area (Å²) in [5.41, 5.74) is 3.85. The van der Waals surface area contributed by atoms with Gasteiger partial charge < -0.3 is 10.4 Å². The number of aromatic hydroxyl groups is 1. The molecule has 4 N–H and O–H groups in total. The van der Waals surface area contributed by atoms with Crippen LogP contribution in [0.5, 0.6) is 5.75 Å². The van der Waals surface area contributed by atoms with Crippen molar-refractivity contribution in [2.45, 2.75) is 25.2 Å². The molecular weight excluding hydrogens is 643 g/mol. The molecule has 0 radical (unpaired) electrons. The number of anilines is 2. The van der Waals surface area contributed by atoms with Gasteiger partial charge in [-0.25, -0.2) is 13.4 Å². The highest BCUT2D eigenvalue weighted by Gasteiger charge is 2.36. The molecule has 13 nitrogen and oxygen atoms in total. The first-order valence-corrected chi connectivity index (χ1v) is 16.3. The Morgan fingerprint density at radius 2 is 1.75 bits per heavy atom. The first kappa shape index (κ1) is 30.8. The summed E-state index contributed by atoms with van der Waals surface area (Å²) in [7, 11) is -2.41. The van der Waals surface area contributed by atoms with Crippen molar-refractivity contribution in [2.24, 2.45) is 7.05 Å². The van der Waals surface area contributed by atoms with Gasteiger partial charge in [0.25, 0.3) is 5.91 Å². The summed E-state index contributed by atoms with van der Waals surface area (Å²) in [4.78, 5) is 48.5. The lowest BCUT2D eigenvalue weighted by Gasteiger charge is -2.19. The molecule has 48 heavy (non-hydrogen) atoms. The number of aromatic nitrogens is 2. The predicted molar refractivity (Wildman–Crippen MR) is 174 cm³/mol. The molecule has 7 rings (SSSR count). The summed E-state index contributed by atoms with van der Waals surface area (Å²) in [6, 6.07) is 18.0. The summed E-state index contributed by atoms with van der Waals surface area (Å²) in [5, 5.41) is 21.2. The number of phenolic OH excluding ortho intramolecular Hbond substituents is 1. The number of hydrogen-bond donors (Lipinski definition) is 4. The number of carbonyl (C=O) groups is 4. The second-order valence-corrected chi connectivity index (χ2v) is 13.3. The number of fused-ring (bicyclic) bond motifs is 2. The van der Waals surface area contributed by atoms with Crippen LogP contribution in [-0.4, -0.2) is 53.5 Å². The lowest BCUT2D eigenvalue weighted by Crippen LogP contribution is -2.39. The smallest absolute Gasteiger partial charge is 0.326 e. The van der Waals surface area contributed by atoms with Crippen molar-refractivity contribution in [3.05, 3.63) is 83.8 Å². The van der Waals surface area contributed by atoms with E-state index in [-0.39, 0.29) is 46.8 Å². The van der Waals surface area contributed by atoms with E-state index in [1.54, 1.807) is 16.5 Å². The van der Waals surface area contributed by atoms with E-state index < -0.39 is 46.1 Å². The maximum atomic E-state index is 15.1. The van der Waals surface area contributed by atoms with Crippen molar-refractivity contribution < 1.29 is 37.1 Å². The highest BCUT2D eigenvalue weighted by atomic mass is 32.2. The average Bonchev–Trinajstić information content (AvgIpc) is 3.50. The molecule has 2 aliphatic rings. The van der Waals surface area contributed by atoms with Crippen LogP contribution in [0.2, 0.25) is 0 Å². The molecule has 1 atom stereocenters. The van der Waals surface area contributed by atoms with Gasteiger partial charge in [-0.15, -0.1) is 0 Å². The molecule has 244 valence electrons. The molecule has 0 aliphatic carbocycles. The third-order valence-corrected chi connectivity index (χ3v) is 9.86. The van der Waals surface area contributed by atoms with E-state index in [2.05, 4.69) is 15.7 Å². The first-order chi connectivity index (χ1) is 22.9. The normalized spacial score (nSPS) is 17.5. The molecule has 0 bridgehead atoms. The minimum Gasteiger partial charge on any atom is -0.506 e. The lowest BCUT2D eigenvalue weighted by molar-refractivity contribution is -0.134. The predicted octanol–water partition coefficient (Wildman–Crippen LogP) is 3.12. The van der Waals surface area contributed by atoms with Crippen molar-refractivity contribution in [2.75, 3.05) is 16.2 Å². The SMILES string of the molecule is Cn1nc(C2CCC(=O)NC2=O)c2ccc(-c3ccc(CC(=O)Nc4cc(F)c5cc(N6CC(=O)NS6(=O)=O)c(O)cc5c4)cc3)cc21. The van der Waals surface area contributed by atoms with E-state index in [1.165, 1.54) is 12.1 Å². The fraction of sp³-hybridized carbons (Fsp3) is 0.182. The Hall–Kier alpha value is -5.83. The number of phenols is 1. The molecule has 15 heteroatoms. The van der Waals surface area contributed by atoms with Gasteiger partial charge in [0.15, 0.2) is 0 Å². The van der Waals surface area contributed by atoms with Crippen molar-refractivity contribution in [3.8, 4) is 16.9 Å². The van der Waals surface area contributed by atoms with Gasteiger partial charge in [0.2, 0.25) is 17.7 Å². The van der Waals surface area contributed by atoms with Crippen molar-refractivity contribution in [3.63, 3.8) is 0 Å². The van der Waals surface area contributed by atoms with Crippen molar-refractivity contribution in [1.82, 2.24) is 19.8 Å². The van der Waals surface area contributed by atoms with Gasteiger partial charge in [-0.2, -0.15) is 13.5 Å². The second-order valence-electron chi connectivity index (χ2n) is 11.7. The van der Waals surface area contributed by atoms with Crippen LogP contribution >= 0.6 is 0 Å². The molecule has 4 amide bonds. The average molecular weight is 671 g/mol. The van der Waals surface area contributed by atoms with E-state index in [0.717, 1.165) is 34.2 Å². The van der Waals surface area contributed by atoms with Gasteiger partial charge in [-0.1, -0.05) is 36.4 Å². The van der Waals surface area contributed by atoms with E-state index in [1.807, 2.05) is 42.5 Å². The number of nitrogens with one attached hydrogen (secondary N) is 3. The number of amides is 4. The van der Waals surface area contributed by atoms with Crippen LogP contribution in [0.4, 0.5) is 15.8 Å². The quantitative estimate of drug-likeness (QED) is 0.199. The molecule has 0 spiro atoms. The summed E-state index contributed by atoms with van der Waals surface area (Å²) in [6.45, 7) is -0.551. The topological polar surface area (TPSA) is 180 Å². The van der Waals surface area contributed by atoms with Crippen LogP contribution in [0.1, 0.15) is 30.0 Å². The Balaban J connectivity index is 1.05. The molecule has 3 heterocycles. The van der Waals surface area contributed by atoms with E-state index >= 15 is 4.39 Å². The number of rotatable bonds is 6. The third kappa shape index (κ3) is 5.57. The van der Waals surface area contributed by atoms with Crippen LogP contribution < -0.4 is 19.7 Å². The van der Waals surface area contributed by atoms with Gasteiger partial charge in [0.05, 0.1) is 29.2 Å². The number of imide groups is 1. The molecule has 4 aromatic carbocycles. The Morgan fingerprint density at radius 3 is 2.46 bits per heavy atom. The fourth-order valence-corrected chi connectivity index (χ4v) is 7.31. The van der Waals surface area contributed by atoms with E-state index in [4.69, 9.17) is 0 Å². The third-order valence-electron chi connectivity index (χ3n) is 8.47. The number of piperidine rings is 1. The molecule has 2 fully saturated rings. The van der Waals surface area contributed by atoms with Crippen LogP contribution in [-0.2, 0) is 42.9 Å². The minimum atomic E-state index is -4.21. The molecule has 1 unspecified atom stereocenters. The zero-order chi connectivity index (χ0) is 33.9. The van der Waals surface area contributed by atoms with Crippen molar-refractivity contribution in [1.29, 1.82) is 0 Å². The Labute approximate surface area is 272 Å². The Morgan fingerprint density at radius 1 is 1.00 bits per heavy atom. The summed E-state index contributed by atoms with van der Waals surface area (Å²) < 4.78 is 43.7. The Bertz CT molecular complexity index is 2320. The molecular formula is C33H27FN6O7S. The highest BCUT2D eigenvalue weighted by molar-refractivity contribution is 7.92. The van der Waals surface area contributed by atoms with Crippen LogP contribution in [0, 0.1) is 5.82 Å². The molecule has 5 aromatic rings. The standard InChI is InChI=1S/C33H27FN6O7S/c1-39-26-12-19(6-7-22(26)32(37-39)23-8-9-29(42)36-33(23)45)18-4-2-17(3-5-18)10-30(43)35-21-11-20-13-28(41)27(15-24(20)25(34)14-21)40-16-31(44)38-48(40,46)47/h2-7,11-15,23,41H,8-10,16H2,1H3,(H,35,43)(H,38,44)(H,36,42,45). The minimum absolute atomic E-state index is 0.00590. The lowest BCUT2D eigenvalue weighted by atomic mass is 9.92. The van der Waals surface area contributed by atoms with Gasteiger partial charge in [-0.05, 0) is 58.8 Å². The van der Waals surface area contributed by atoms with E-state index in [0.29, 0.717) is 22.0 Å². The maximum absolute atomic E-state index is 15.1.